The van der Waals surface area contributed by atoms with E-state index in [-0.39, 0.29) is 25.0 Å². The van der Waals surface area contributed by atoms with Crippen LogP contribution in [0.2, 0.25) is 0 Å². The van der Waals surface area contributed by atoms with E-state index in [0.29, 0.717) is 5.56 Å². The molecule has 0 heterocycles. The first kappa shape index (κ1) is 27.9. The molecule has 4 unspecified atom stereocenters. The first-order chi connectivity index (χ1) is 15.6. The topological polar surface area (TPSA) is 214 Å². The molecule has 0 bridgehead atoms. The van der Waals surface area contributed by atoms with Crippen molar-refractivity contribution < 1.29 is 34.2 Å². The van der Waals surface area contributed by atoms with Crippen molar-refractivity contribution in [2.24, 2.45) is 11.5 Å². The van der Waals surface area contributed by atoms with E-state index < -0.39 is 60.4 Å². The second-order valence-corrected chi connectivity index (χ2v) is 7.55. The molecule has 0 fully saturated rings. The normalized spacial score (nSPS) is 14.3. The van der Waals surface area contributed by atoms with Gasteiger partial charge in [0.1, 0.15) is 18.1 Å². The van der Waals surface area contributed by atoms with Crippen LogP contribution in [-0.4, -0.2) is 76.3 Å². The fourth-order valence-electron chi connectivity index (χ4n) is 2.71. The second-order valence-electron chi connectivity index (χ2n) is 7.19. The number of primary amides is 1. The highest BCUT2D eigenvalue weighted by molar-refractivity contribution is 7.80. The van der Waals surface area contributed by atoms with Crippen molar-refractivity contribution >= 4 is 42.2 Å². The summed E-state index contributed by atoms with van der Waals surface area (Å²) in [5.41, 5.74) is 11.5. The summed E-state index contributed by atoms with van der Waals surface area (Å²) in [6, 6.07) is 3.66. The largest absolute Gasteiger partial charge is 0.480 e. The Morgan fingerprint density at radius 3 is 1.97 bits per heavy atom. The molecule has 0 aliphatic heterocycles. The number of benzene rings is 1. The van der Waals surface area contributed by atoms with E-state index >= 15 is 0 Å². The van der Waals surface area contributed by atoms with Gasteiger partial charge in [-0.3, -0.25) is 19.2 Å². The molecular weight excluding hydrogens is 454 g/mol. The van der Waals surface area contributed by atoms with Crippen LogP contribution in [-0.2, 0) is 30.4 Å². The lowest BCUT2D eigenvalue weighted by atomic mass is 10.0. The predicted molar refractivity (Wildman–Crippen MR) is 121 cm³/mol. The van der Waals surface area contributed by atoms with E-state index in [2.05, 4.69) is 28.6 Å². The smallest absolute Gasteiger partial charge is 0.328 e. The Bertz CT molecular complexity index is 839. The molecule has 4 amide bonds. The van der Waals surface area contributed by atoms with Crippen molar-refractivity contribution in [3.8, 4) is 0 Å². The summed E-state index contributed by atoms with van der Waals surface area (Å²) in [5.74, 6) is -4.53. The number of carbonyl (C=O) groups is 5. The second kappa shape index (κ2) is 14.1. The van der Waals surface area contributed by atoms with Crippen LogP contribution < -0.4 is 27.4 Å². The highest BCUT2D eigenvalue weighted by atomic mass is 32.1. The van der Waals surface area contributed by atoms with Gasteiger partial charge in [-0.05, 0) is 12.0 Å². The van der Waals surface area contributed by atoms with E-state index in [0.717, 1.165) is 0 Å². The van der Waals surface area contributed by atoms with Gasteiger partial charge in [0.15, 0.2) is 0 Å². The predicted octanol–water partition coefficient (Wildman–Crippen LogP) is -2.72. The molecule has 9 N–H and O–H groups in total. The Hall–Kier alpha value is -3.16. The van der Waals surface area contributed by atoms with Gasteiger partial charge in [-0.15, -0.1) is 0 Å². The minimum Gasteiger partial charge on any atom is -0.480 e. The monoisotopic (exact) mass is 483 g/mol. The maximum Gasteiger partial charge on any atom is 0.328 e. The van der Waals surface area contributed by atoms with Gasteiger partial charge in [-0.2, -0.15) is 12.6 Å². The fourth-order valence-corrected chi connectivity index (χ4v) is 2.87. The van der Waals surface area contributed by atoms with Crippen molar-refractivity contribution in [2.45, 2.75) is 43.4 Å². The Kier molecular flexibility index (Phi) is 11.9. The molecule has 33 heavy (non-hydrogen) atoms. The number of aliphatic hydroxyl groups is 1. The van der Waals surface area contributed by atoms with Crippen LogP contribution in [0.5, 0.6) is 0 Å². The zero-order valence-corrected chi connectivity index (χ0v) is 18.7. The van der Waals surface area contributed by atoms with Gasteiger partial charge >= 0.3 is 5.97 Å². The number of nitrogens with one attached hydrogen (secondary N) is 3. The number of carbonyl (C=O) groups excluding carboxylic acids is 4. The number of thiol groups is 1. The van der Waals surface area contributed by atoms with Crippen LogP contribution in [0, 0.1) is 0 Å². The quantitative estimate of drug-likeness (QED) is 0.130. The third kappa shape index (κ3) is 9.89. The number of carboxylic acids is 1. The summed E-state index contributed by atoms with van der Waals surface area (Å²) in [4.78, 5) is 60.1. The van der Waals surface area contributed by atoms with Gasteiger partial charge in [-0.25, -0.2) is 4.79 Å². The minimum absolute atomic E-state index is 0.0346. The van der Waals surface area contributed by atoms with Gasteiger partial charge in [0.05, 0.1) is 12.6 Å². The first-order valence-electron chi connectivity index (χ1n) is 10.0. The Morgan fingerprint density at radius 2 is 1.45 bits per heavy atom. The lowest BCUT2D eigenvalue weighted by molar-refractivity contribution is -0.143. The average Bonchev–Trinajstić information content (AvgIpc) is 2.78. The van der Waals surface area contributed by atoms with Gasteiger partial charge in [0, 0.05) is 18.6 Å². The standard InChI is InChI=1S/C20H29N5O7S/c21-12(10-33)17(28)24-14(8-11-4-2-1-3-5-11)19(30)23-13(6-7-16(22)27)18(29)25-15(9-26)20(31)32/h1-5,12-15,26,33H,6-10,21H2,(H2,22,27)(H,23,30)(H,24,28)(H,25,29)(H,31,32). The Morgan fingerprint density at radius 1 is 0.909 bits per heavy atom. The summed E-state index contributed by atoms with van der Waals surface area (Å²) in [6.07, 6.45) is -0.446. The fraction of sp³-hybridized carbons (Fsp3) is 0.450. The van der Waals surface area contributed by atoms with E-state index in [4.69, 9.17) is 21.7 Å². The number of hydrogen-bond acceptors (Lipinski definition) is 8. The molecule has 1 aromatic carbocycles. The lowest BCUT2D eigenvalue weighted by Gasteiger charge is -2.25. The summed E-state index contributed by atoms with van der Waals surface area (Å²) < 4.78 is 0. The molecule has 0 saturated heterocycles. The summed E-state index contributed by atoms with van der Waals surface area (Å²) in [6.45, 7) is -0.883. The first-order valence-corrected chi connectivity index (χ1v) is 10.7. The molecule has 12 nitrogen and oxygen atoms in total. The van der Waals surface area contributed by atoms with Crippen LogP contribution in [0.1, 0.15) is 18.4 Å². The number of aliphatic hydroxyl groups excluding tert-OH is 1. The van der Waals surface area contributed by atoms with E-state index in [1.165, 1.54) is 0 Å². The van der Waals surface area contributed by atoms with Crippen molar-refractivity contribution in [1.82, 2.24) is 16.0 Å². The van der Waals surface area contributed by atoms with Crippen LogP contribution in [0.15, 0.2) is 30.3 Å². The molecule has 0 saturated carbocycles. The van der Waals surface area contributed by atoms with E-state index in [1.807, 2.05) is 0 Å². The number of aliphatic carboxylic acids is 1. The van der Waals surface area contributed by atoms with E-state index in [1.54, 1.807) is 30.3 Å². The SMILES string of the molecule is NC(=O)CCC(NC(=O)C(Cc1ccccc1)NC(=O)C(N)CS)C(=O)NC(CO)C(=O)O. The van der Waals surface area contributed by atoms with Gasteiger partial charge < -0.3 is 37.6 Å². The van der Waals surface area contributed by atoms with Gasteiger partial charge in [-0.1, -0.05) is 30.3 Å². The Labute approximate surface area is 195 Å². The van der Waals surface area contributed by atoms with Crippen molar-refractivity contribution in [3.05, 3.63) is 35.9 Å². The van der Waals surface area contributed by atoms with E-state index in [9.17, 15) is 24.0 Å². The highest BCUT2D eigenvalue weighted by Crippen LogP contribution is 2.06. The van der Waals surface area contributed by atoms with Crippen LogP contribution in [0.3, 0.4) is 0 Å². The number of nitrogens with two attached hydrogens (primary N) is 2. The zero-order valence-electron chi connectivity index (χ0n) is 17.8. The van der Waals surface area contributed by atoms with Crippen molar-refractivity contribution in [3.63, 3.8) is 0 Å². The lowest BCUT2D eigenvalue weighted by Crippen LogP contribution is -2.58. The van der Waals surface area contributed by atoms with Crippen LogP contribution in [0.4, 0.5) is 0 Å². The van der Waals surface area contributed by atoms with Crippen LogP contribution >= 0.6 is 12.6 Å². The van der Waals surface area contributed by atoms with Gasteiger partial charge in [0.25, 0.3) is 0 Å². The molecule has 13 heteroatoms. The molecule has 1 rings (SSSR count). The average molecular weight is 484 g/mol. The van der Waals surface area contributed by atoms with Crippen molar-refractivity contribution in [2.75, 3.05) is 12.4 Å². The molecule has 0 spiro atoms. The molecule has 4 atom stereocenters. The highest BCUT2D eigenvalue weighted by Gasteiger charge is 2.30. The third-order valence-corrected chi connectivity index (χ3v) is 4.95. The molecule has 0 aliphatic carbocycles. The summed E-state index contributed by atoms with van der Waals surface area (Å²) in [7, 11) is 0. The van der Waals surface area contributed by atoms with Crippen molar-refractivity contribution in [1.29, 1.82) is 0 Å². The number of hydrogen-bond donors (Lipinski definition) is 8. The summed E-state index contributed by atoms with van der Waals surface area (Å²) >= 11 is 3.96. The van der Waals surface area contributed by atoms with Crippen LogP contribution in [0.25, 0.3) is 0 Å². The number of amides is 4. The minimum atomic E-state index is -1.61. The summed E-state index contributed by atoms with van der Waals surface area (Å²) in [5, 5.41) is 25.2. The maximum atomic E-state index is 13.0. The number of rotatable bonds is 14. The maximum absolute atomic E-state index is 13.0. The molecule has 0 radical (unpaired) electrons. The zero-order chi connectivity index (χ0) is 25.0. The molecule has 0 aromatic heterocycles. The molecule has 0 aliphatic rings. The Balaban J connectivity index is 3.07. The van der Waals surface area contributed by atoms with Gasteiger partial charge in [0.2, 0.25) is 23.6 Å². The molecule has 1 aromatic rings. The number of carboxylic acid groups (broad SMARTS) is 1. The molecular formula is C20H29N5O7S. The molecule has 182 valence electrons. The third-order valence-electron chi connectivity index (χ3n) is 4.56.